The van der Waals surface area contributed by atoms with Crippen molar-refractivity contribution in [3.8, 4) is 0 Å². The SMILES string of the molecule is CN1CCOC(CN2CCCCC2CCl)C1. The number of piperidine rings is 1. The molecule has 0 amide bonds. The number of rotatable bonds is 3. The molecular formula is C12H23ClN2O. The van der Waals surface area contributed by atoms with Gasteiger partial charge in [-0.2, -0.15) is 0 Å². The minimum absolute atomic E-state index is 0.377. The highest BCUT2D eigenvalue weighted by atomic mass is 35.5. The summed E-state index contributed by atoms with van der Waals surface area (Å²) in [6.45, 7) is 5.25. The Hall–Kier alpha value is 0.170. The maximum atomic E-state index is 6.03. The van der Waals surface area contributed by atoms with Crippen LogP contribution in [0.15, 0.2) is 0 Å². The molecule has 0 aromatic carbocycles. The van der Waals surface area contributed by atoms with Gasteiger partial charge in [0.1, 0.15) is 0 Å². The highest BCUT2D eigenvalue weighted by Crippen LogP contribution is 2.19. The first-order valence-corrected chi connectivity index (χ1v) is 6.93. The van der Waals surface area contributed by atoms with Crippen LogP contribution >= 0.6 is 11.6 Å². The number of hydrogen-bond donors (Lipinski definition) is 0. The summed E-state index contributed by atoms with van der Waals surface area (Å²) in [7, 11) is 2.17. The lowest BCUT2D eigenvalue weighted by Crippen LogP contribution is -2.50. The average molecular weight is 247 g/mol. The Balaban J connectivity index is 1.82. The predicted octanol–water partition coefficient (Wildman–Crippen LogP) is 1.41. The lowest BCUT2D eigenvalue weighted by Gasteiger charge is -2.39. The molecule has 2 fully saturated rings. The molecule has 2 heterocycles. The first kappa shape index (κ1) is 12.6. The van der Waals surface area contributed by atoms with Gasteiger partial charge in [0.25, 0.3) is 0 Å². The first-order chi connectivity index (χ1) is 7.79. The minimum Gasteiger partial charge on any atom is -0.374 e. The number of likely N-dealkylation sites (tertiary alicyclic amines) is 1. The van der Waals surface area contributed by atoms with Gasteiger partial charge in [0.2, 0.25) is 0 Å². The zero-order chi connectivity index (χ0) is 11.4. The maximum Gasteiger partial charge on any atom is 0.0829 e. The molecule has 0 saturated carbocycles. The van der Waals surface area contributed by atoms with E-state index < -0.39 is 0 Å². The Labute approximate surface area is 104 Å². The number of likely N-dealkylation sites (N-methyl/N-ethyl adjacent to an activating group) is 1. The van der Waals surface area contributed by atoms with Gasteiger partial charge in [-0.3, -0.25) is 4.90 Å². The van der Waals surface area contributed by atoms with Crippen LogP contribution < -0.4 is 0 Å². The third-order valence-corrected chi connectivity index (χ3v) is 4.06. The number of nitrogens with zero attached hydrogens (tertiary/aromatic N) is 2. The van der Waals surface area contributed by atoms with Crippen molar-refractivity contribution in [1.82, 2.24) is 9.80 Å². The van der Waals surface area contributed by atoms with Crippen LogP contribution in [0.25, 0.3) is 0 Å². The van der Waals surface area contributed by atoms with E-state index in [0.717, 1.165) is 32.1 Å². The molecule has 0 spiro atoms. The smallest absolute Gasteiger partial charge is 0.0829 e. The van der Waals surface area contributed by atoms with Crippen LogP contribution in [-0.2, 0) is 4.74 Å². The van der Waals surface area contributed by atoms with E-state index in [4.69, 9.17) is 16.3 Å². The molecular weight excluding hydrogens is 224 g/mol. The summed E-state index contributed by atoms with van der Waals surface area (Å²) in [5, 5.41) is 0. The van der Waals surface area contributed by atoms with Crippen LogP contribution in [0.4, 0.5) is 0 Å². The van der Waals surface area contributed by atoms with E-state index in [1.54, 1.807) is 0 Å². The van der Waals surface area contributed by atoms with Crippen molar-refractivity contribution in [3.05, 3.63) is 0 Å². The number of ether oxygens (including phenoxy) is 1. The zero-order valence-electron chi connectivity index (χ0n) is 10.2. The second-order valence-corrected chi connectivity index (χ2v) is 5.36. The van der Waals surface area contributed by atoms with E-state index in [2.05, 4.69) is 16.8 Å². The van der Waals surface area contributed by atoms with Gasteiger partial charge in [0, 0.05) is 31.6 Å². The fourth-order valence-electron chi connectivity index (χ4n) is 2.71. The molecule has 0 aromatic heterocycles. The maximum absolute atomic E-state index is 6.03. The van der Waals surface area contributed by atoms with E-state index in [1.165, 1.54) is 25.8 Å². The van der Waals surface area contributed by atoms with Crippen LogP contribution in [0.5, 0.6) is 0 Å². The molecule has 2 unspecified atom stereocenters. The van der Waals surface area contributed by atoms with E-state index in [-0.39, 0.29) is 0 Å². The average Bonchev–Trinajstić information content (AvgIpc) is 2.30. The number of halogens is 1. The van der Waals surface area contributed by atoms with Crippen LogP contribution in [0.2, 0.25) is 0 Å². The Bertz CT molecular complexity index is 215. The molecule has 0 N–H and O–H groups in total. The van der Waals surface area contributed by atoms with Gasteiger partial charge in [-0.05, 0) is 26.4 Å². The van der Waals surface area contributed by atoms with E-state index >= 15 is 0 Å². The van der Waals surface area contributed by atoms with E-state index in [9.17, 15) is 0 Å². The molecule has 16 heavy (non-hydrogen) atoms. The normalized spacial score (nSPS) is 34.1. The topological polar surface area (TPSA) is 15.7 Å². The number of hydrogen-bond acceptors (Lipinski definition) is 3. The fourth-order valence-corrected chi connectivity index (χ4v) is 3.06. The van der Waals surface area contributed by atoms with Crippen molar-refractivity contribution in [2.24, 2.45) is 0 Å². The highest BCUT2D eigenvalue weighted by molar-refractivity contribution is 6.18. The summed E-state index contributed by atoms with van der Waals surface area (Å²) in [6.07, 6.45) is 4.28. The molecule has 2 saturated heterocycles. The van der Waals surface area contributed by atoms with E-state index in [1.807, 2.05) is 0 Å². The van der Waals surface area contributed by atoms with Crippen LogP contribution in [0.1, 0.15) is 19.3 Å². The highest BCUT2D eigenvalue weighted by Gasteiger charge is 2.26. The quantitative estimate of drug-likeness (QED) is 0.701. The lowest BCUT2D eigenvalue weighted by molar-refractivity contribution is -0.0436. The van der Waals surface area contributed by atoms with Gasteiger partial charge < -0.3 is 9.64 Å². The molecule has 2 aliphatic heterocycles. The predicted molar refractivity (Wildman–Crippen MR) is 67.2 cm³/mol. The summed E-state index contributed by atoms with van der Waals surface area (Å²) in [4.78, 5) is 4.88. The van der Waals surface area contributed by atoms with Gasteiger partial charge in [0.05, 0.1) is 12.7 Å². The molecule has 3 nitrogen and oxygen atoms in total. The van der Waals surface area contributed by atoms with Gasteiger partial charge in [-0.15, -0.1) is 11.6 Å². The van der Waals surface area contributed by atoms with Crippen molar-refractivity contribution >= 4 is 11.6 Å². The second kappa shape index (κ2) is 6.20. The number of alkyl halides is 1. The third-order valence-electron chi connectivity index (χ3n) is 3.71. The van der Waals surface area contributed by atoms with Crippen LogP contribution in [-0.4, -0.2) is 67.7 Å². The first-order valence-electron chi connectivity index (χ1n) is 6.39. The fraction of sp³-hybridized carbons (Fsp3) is 1.00. The summed E-state index contributed by atoms with van der Waals surface area (Å²) in [5.41, 5.74) is 0. The molecule has 2 atom stereocenters. The molecule has 2 rings (SSSR count). The van der Waals surface area contributed by atoms with Gasteiger partial charge in [-0.25, -0.2) is 0 Å². The van der Waals surface area contributed by atoms with Crippen molar-refractivity contribution in [3.63, 3.8) is 0 Å². The molecule has 2 aliphatic rings. The zero-order valence-corrected chi connectivity index (χ0v) is 11.0. The van der Waals surface area contributed by atoms with Gasteiger partial charge in [0.15, 0.2) is 0 Å². The summed E-state index contributed by atoms with van der Waals surface area (Å²) < 4.78 is 5.82. The second-order valence-electron chi connectivity index (χ2n) is 5.05. The van der Waals surface area contributed by atoms with Crippen molar-refractivity contribution < 1.29 is 4.74 Å². The Morgan fingerprint density at radius 3 is 2.94 bits per heavy atom. The standard InChI is InChI=1S/C12H23ClN2O/c1-14-6-7-16-12(9-14)10-15-5-3-2-4-11(15)8-13/h11-12H,2-10H2,1H3. The van der Waals surface area contributed by atoms with Gasteiger partial charge >= 0.3 is 0 Å². The Morgan fingerprint density at radius 1 is 1.31 bits per heavy atom. The van der Waals surface area contributed by atoms with Crippen LogP contribution in [0, 0.1) is 0 Å². The Kier molecular flexibility index (Phi) is 4.89. The van der Waals surface area contributed by atoms with Crippen molar-refractivity contribution in [2.45, 2.75) is 31.4 Å². The molecule has 0 radical (unpaired) electrons. The summed E-state index contributed by atoms with van der Waals surface area (Å²) in [6, 6.07) is 0.575. The molecule has 0 aromatic rings. The molecule has 0 bridgehead atoms. The van der Waals surface area contributed by atoms with Crippen molar-refractivity contribution in [2.75, 3.05) is 45.7 Å². The van der Waals surface area contributed by atoms with Crippen LogP contribution in [0.3, 0.4) is 0 Å². The lowest BCUT2D eigenvalue weighted by atomic mass is 10.0. The third kappa shape index (κ3) is 3.33. The van der Waals surface area contributed by atoms with E-state index in [0.29, 0.717) is 12.1 Å². The minimum atomic E-state index is 0.377. The summed E-state index contributed by atoms with van der Waals surface area (Å²) >= 11 is 6.03. The number of morpholine rings is 1. The summed E-state index contributed by atoms with van der Waals surface area (Å²) in [5.74, 6) is 0.766. The monoisotopic (exact) mass is 246 g/mol. The van der Waals surface area contributed by atoms with Gasteiger partial charge in [-0.1, -0.05) is 6.42 Å². The van der Waals surface area contributed by atoms with Crippen molar-refractivity contribution in [1.29, 1.82) is 0 Å². The largest absolute Gasteiger partial charge is 0.374 e. The Morgan fingerprint density at radius 2 is 2.19 bits per heavy atom. The molecule has 94 valence electrons. The molecule has 0 aliphatic carbocycles. The molecule has 4 heteroatoms.